The Morgan fingerprint density at radius 2 is 1.90 bits per heavy atom. The predicted octanol–water partition coefficient (Wildman–Crippen LogP) is 3.34. The first kappa shape index (κ1) is 19.4. The maximum absolute atomic E-state index is 13.2. The molecule has 1 amide bonds. The average molecular weight is 468 g/mol. The normalized spacial score (nSPS) is 20.0. The smallest absolute Gasteiger partial charge is 0.257 e. The predicted molar refractivity (Wildman–Crippen MR) is 118 cm³/mol. The second-order valence-electron chi connectivity index (χ2n) is 7.54. The number of carbonyl (C=O) groups is 1. The van der Waals surface area contributed by atoms with Gasteiger partial charge in [0, 0.05) is 24.0 Å². The number of aromatic nitrogens is 2. The highest BCUT2D eigenvalue weighted by Crippen LogP contribution is 2.32. The van der Waals surface area contributed by atoms with Crippen LogP contribution in [-0.4, -0.2) is 64.3 Å². The van der Waals surface area contributed by atoms with Crippen molar-refractivity contribution in [2.45, 2.75) is 12.5 Å². The van der Waals surface area contributed by atoms with Gasteiger partial charge < -0.3 is 9.72 Å². The van der Waals surface area contributed by atoms with Crippen LogP contribution in [0.15, 0.2) is 58.1 Å². The first-order chi connectivity index (χ1) is 14.7. The third-order valence-corrected chi connectivity index (χ3v) is 6.06. The molecule has 0 radical (unpaired) electrons. The summed E-state index contributed by atoms with van der Waals surface area (Å²) in [4.78, 5) is 23.5. The molecule has 1 N–H and O–H groups in total. The molecule has 2 aliphatic heterocycles. The van der Waals surface area contributed by atoms with Crippen LogP contribution in [0.4, 0.5) is 0 Å². The number of H-pyrrole nitrogens is 1. The summed E-state index contributed by atoms with van der Waals surface area (Å²) in [6.07, 6.45) is 0.621. The van der Waals surface area contributed by atoms with Gasteiger partial charge in [0.05, 0.1) is 36.5 Å². The molecule has 1 saturated heterocycles. The number of fused-ring (bicyclic) bond motifs is 1. The van der Waals surface area contributed by atoms with Gasteiger partial charge in [-0.2, -0.15) is 5.10 Å². The number of hydrogen-bond acceptors (Lipinski definition) is 5. The fraction of sp³-hybridized carbons (Fsp3) is 0.318. The summed E-state index contributed by atoms with van der Waals surface area (Å²) in [6.45, 7) is 3.18. The maximum atomic E-state index is 13.2. The van der Waals surface area contributed by atoms with E-state index in [-0.39, 0.29) is 11.9 Å². The Balaban J connectivity index is 1.45. The van der Waals surface area contributed by atoms with E-state index < -0.39 is 0 Å². The van der Waals surface area contributed by atoms with Crippen LogP contribution in [0.1, 0.15) is 23.9 Å². The van der Waals surface area contributed by atoms with E-state index in [2.05, 4.69) is 25.8 Å². The summed E-state index contributed by atoms with van der Waals surface area (Å²) in [5.41, 5.74) is 3.76. The summed E-state index contributed by atoms with van der Waals surface area (Å²) in [5, 5.41) is 6.36. The Morgan fingerprint density at radius 1 is 1.13 bits per heavy atom. The molecular weight excluding hydrogens is 446 g/mol. The summed E-state index contributed by atoms with van der Waals surface area (Å²) in [7, 11) is 0. The van der Waals surface area contributed by atoms with Crippen LogP contribution < -0.4 is 0 Å². The van der Waals surface area contributed by atoms with E-state index in [0.29, 0.717) is 26.2 Å². The number of carbonyl (C=O) groups excluding carboxylic acids is 1. The van der Waals surface area contributed by atoms with E-state index in [1.165, 1.54) is 0 Å². The molecule has 0 saturated carbocycles. The van der Waals surface area contributed by atoms with Crippen molar-refractivity contribution in [3.05, 3.63) is 64.4 Å². The van der Waals surface area contributed by atoms with Crippen LogP contribution in [0.3, 0.4) is 0 Å². The lowest BCUT2D eigenvalue weighted by Crippen LogP contribution is -2.43. The fourth-order valence-corrected chi connectivity index (χ4v) is 4.19. The quantitative estimate of drug-likeness (QED) is 0.638. The highest BCUT2D eigenvalue weighted by atomic mass is 79.9. The number of hydrogen-bond donors (Lipinski definition) is 1. The zero-order valence-corrected chi connectivity index (χ0v) is 18.0. The van der Waals surface area contributed by atoms with Gasteiger partial charge in [0.25, 0.3) is 5.91 Å². The molecule has 0 unspecified atom stereocenters. The van der Waals surface area contributed by atoms with Crippen molar-refractivity contribution in [2.75, 3.05) is 32.8 Å². The number of hydrazone groups is 1. The van der Waals surface area contributed by atoms with E-state index in [9.17, 15) is 4.79 Å². The standard InChI is InChI=1S/C22H22BrN5O2/c23-16-7-5-15(6-8-16)19-13-20(22-24-17-3-1-2-4-18(17)25-22)28(26-19)21(29)14-27-9-11-30-12-10-27/h1-8,20H,9-14H2,(H,24,25)/t20-/m0/s1. The highest BCUT2D eigenvalue weighted by molar-refractivity contribution is 9.10. The van der Waals surface area contributed by atoms with Crippen LogP contribution in [0.25, 0.3) is 11.0 Å². The summed E-state index contributed by atoms with van der Waals surface area (Å²) in [6, 6.07) is 15.7. The van der Waals surface area contributed by atoms with Gasteiger partial charge in [0.1, 0.15) is 11.9 Å². The molecule has 0 spiro atoms. The molecule has 0 bridgehead atoms. The Kier molecular flexibility index (Phi) is 5.37. The first-order valence-corrected chi connectivity index (χ1v) is 10.9. The lowest BCUT2D eigenvalue weighted by atomic mass is 10.0. The molecule has 30 heavy (non-hydrogen) atoms. The molecule has 3 heterocycles. The van der Waals surface area contributed by atoms with Crippen LogP contribution in [0.5, 0.6) is 0 Å². The largest absolute Gasteiger partial charge is 0.379 e. The molecule has 3 aromatic rings. The molecule has 1 atom stereocenters. The molecule has 154 valence electrons. The Morgan fingerprint density at radius 3 is 2.67 bits per heavy atom. The lowest BCUT2D eigenvalue weighted by molar-refractivity contribution is -0.135. The van der Waals surface area contributed by atoms with E-state index in [4.69, 9.17) is 14.8 Å². The third-order valence-electron chi connectivity index (χ3n) is 5.53. The Bertz CT molecular complexity index is 1060. The number of nitrogens with zero attached hydrogens (tertiary/aromatic N) is 4. The van der Waals surface area contributed by atoms with E-state index in [0.717, 1.165) is 45.7 Å². The number of imidazole rings is 1. The minimum Gasteiger partial charge on any atom is -0.379 e. The second kappa shape index (κ2) is 8.29. The lowest BCUT2D eigenvalue weighted by Gasteiger charge is -2.28. The number of benzene rings is 2. The number of amides is 1. The topological polar surface area (TPSA) is 73.8 Å². The monoisotopic (exact) mass is 467 g/mol. The number of rotatable bonds is 4. The number of nitrogens with one attached hydrogen (secondary N) is 1. The number of para-hydroxylation sites is 2. The summed E-state index contributed by atoms with van der Waals surface area (Å²) < 4.78 is 6.42. The van der Waals surface area contributed by atoms with E-state index in [1.54, 1.807) is 5.01 Å². The Hall–Kier alpha value is -2.55. The maximum Gasteiger partial charge on any atom is 0.257 e. The van der Waals surface area contributed by atoms with Crippen LogP contribution in [-0.2, 0) is 9.53 Å². The van der Waals surface area contributed by atoms with Gasteiger partial charge >= 0.3 is 0 Å². The molecule has 2 aliphatic rings. The molecule has 7 nitrogen and oxygen atoms in total. The van der Waals surface area contributed by atoms with Crippen molar-refractivity contribution >= 4 is 38.6 Å². The van der Waals surface area contributed by atoms with E-state index in [1.807, 2.05) is 48.5 Å². The van der Waals surface area contributed by atoms with Gasteiger partial charge in [-0.1, -0.05) is 40.2 Å². The fourth-order valence-electron chi connectivity index (χ4n) is 3.92. The number of aromatic amines is 1. The van der Waals surface area contributed by atoms with Gasteiger partial charge in [-0.25, -0.2) is 9.99 Å². The molecule has 1 fully saturated rings. The minimum absolute atomic E-state index is 0.0190. The van der Waals surface area contributed by atoms with Crippen molar-refractivity contribution in [1.29, 1.82) is 0 Å². The first-order valence-electron chi connectivity index (χ1n) is 10.1. The molecular formula is C22H22BrN5O2. The van der Waals surface area contributed by atoms with Crippen LogP contribution in [0.2, 0.25) is 0 Å². The third kappa shape index (κ3) is 3.90. The molecule has 8 heteroatoms. The number of ether oxygens (including phenoxy) is 1. The van der Waals surface area contributed by atoms with E-state index >= 15 is 0 Å². The zero-order valence-electron chi connectivity index (χ0n) is 16.4. The zero-order chi connectivity index (χ0) is 20.5. The van der Waals surface area contributed by atoms with Gasteiger partial charge in [-0.05, 0) is 29.8 Å². The van der Waals surface area contributed by atoms with Crippen molar-refractivity contribution in [3.8, 4) is 0 Å². The van der Waals surface area contributed by atoms with Gasteiger partial charge in [-0.15, -0.1) is 0 Å². The molecule has 2 aromatic carbocycles. The molecule has 5 rings (SSSR count). The second-order valence-corrected chi connectivity index (χ2v) is 8.46. The highest BCUT2D eigenvalue weighted by Gasteiger charge is 2.35. The number of morpholine rings is 1. The van der Waals surface area contributed by atoms with Crippen molar-refractivity contribution in [1.82, 2.24) is 19.9 Å². The van der Waals surface area contributed by atoms with Gasteiger partial charge in [0.15, 0.2) is 0 Å². The minimum atomic E-state index is -0.246. The SMILES string of the molecule is O=C(CN1CCOCC1)N1N=C(c2ccc(Br)cc2)C[C@H]1c1nc2ccccc2[nH]1. The molecule has 0 aliphatic carbocycles. The summed E-state index contributed by atoms with van der Waals surface area (Å²) >= 11 is 3.48. The van der Waals surface area contributed by atoms with Crippen molar-refractivity contribution in [2.24, 2.45) is 5.10 Å². The molecule has 1 aromatic heterocycles. The van der Waals surface area contributed by atoms with Crippen molar-refractivity contribution < 1.29 is 9.53 Å². The average Bonchev–Trinajstić information content (AvgIpc) is 3.39. The van der Waals surface area contributed by atoms with Crippen LogP contribution in [0, 0.1) is 0 Å². The van der Waals surface area contributed by atoms with Crippen LogP contribution >= 0.6 is 15.9 Å². The Labute approximate surface area is 182 Å². The van der Waals surface area contributed by atoms with Gasteiger partial charge in [0.2, 0.25) is 0 Å². The number of halogens is 1. The summed E-state index contributed by atoms with van der Waals surface area (Å²) in [5.74, 6) is 0.747. The van der Waals surface area contributed by atoms with Gasteiger partial charge in [-0.3, -0.25) is 9.69 Å². The van der Waals surface area contributed by atoms with Crippen molar-refractivity contribution in [3.63, 3.8) is 0 Å².